The van der Waals surface area contributed by atoms with Gasteiger partial charge in [0, 0.05) is 43.2 Å². The van der Waals surface area contributed by atoms with E-state index in [1.807, 2.05) is 9.80 Å². The highest BCUT2D eigenvalue weighted by Gasteiger charge is 2.22. The number of carbonyl (C=O) groups excluding carboxylic acids is 2. The predicted octanol–water partition coefficient (Wildman–Crippen LogP) is 3.96. The zero-order valence-electron chi connectivity index (χ0n) is 15.7. The van der Waals surface area contributed by atoms with Crippen LogP contribution in [-0.4, -0.2) is 47.8 Å². The monoisotopic (exact) mass is 384 g/mol. The summed E-state index contributed by atoms with van der Waals surface area (Å²) in [6, 6.07) is 15.3. The van der Waals surface area contributed by atoms with E-state index in [4.69, 9.17) is 11.6 Å². The zero-order chi connectivity index (χ0) is 19.2. The van der Waals surface area contributed by atoms with Crippen LogP contribution in [0, 0.1) is 6.92 Å². The van der Waals surface area contributed by atoms with Crippen LogP contribution in [0.2, 0.25) is 5.02 Å². The number of rotatable bonds is 4. The first-order chi connectivity index (χ1) is 13.0. The van der Waals surface area contributed by atoms with E-state index in [-0.39, 0.29) is 11.8 Å². The van der Waals surface area contributed by atoms with Crippen LogP contribution in [0.25, 0.3) is 0 Å². The lowest BCUT2D eigenvalue weighted by molar-refractivity contribution is -0.131. The van der Waals surface area contributed by atoms with Crippen molar-refractivity contribution in [3.63, 3.8) is 0 Å². The Morgan fingerprint density at radius 1 is 0.963 bits per heavy atom. The van der Waals surface area contributed by atoms with Crippen molar-refractivity contribution in [2.24, 2.45) is 0 Å². The topological polar surface area (TPSA) is 40.6 Å². The van der Waals surface area contributed by atoms with Crippen molar-refractivity contribution in [3.05, 3.63) is 70.2 Å². The van der Waals surface area contributed by atoms with Crippen LogP contribution in [0.15, 0.2) is 48.5 Å². The van der Waals surface area contributed by atoms with E-state index in [0.717, 1.165) is 12.8 Å². The Bertz CT molecular complexity index is 804. The lowest BCUT2D eigenvalue weighted by Crippen LogP contribution is -2.37. The molecular weight excluding hydrogens is 360 g/mol. The van der Waals surface area contributed by atoms with Gasteiger partial charge in [0.1, 0.15) is 0 Å². The molecule has 4 nitrogen and oxygen atoms in total. The van der Waals surface area contributed by atoms with Crippen LogP contribution < -0.4 is 0 Å². The maximum atomic E-state index is 12.7. The molecule has 0 unspecified atom stereocenters. The molecule has 0 saturated carbocycles. The van der Waals surface area contributed by atoms with Crippen LogP contribution in [0.3, 0.4) is 0 Å². The van der Waals surface area contributed by atoms with Crippen molar-refractivity contribution in [1.82, 2.24) is 9.80 Å². The SMILES string of the molecule is Cc1ccc(CCC(=O)N2CCCN(C(=O)c3cccc(Cl)c3)CC2)cc1. The van der Waals surface area contributed by atoms with Crippen LogP contribution in [0.5, 0.6) is 0 Å². The molecule has 5 heteroatoms. The summed E-state index contributed by atoms with van der Waals surface area (Å²) in [5.74, 6) is 0.138. The van der Waals surface area contributed by atoms with Gasteiger partial charge in [-0.05, 0) is 43.5 Å². The standard InChI is InChI=1S/C22H25ClN2O2/c1-17-6-8-18(9-7-17)10-11-21(26)24-12-3-13-25(15-14-24)22(27)19-4-2-5-20(23)16-19/h2,4-9,16H,3,10-15H2,1H3. The van der Waals surface area contributed by atoms with Gasteiger partial charge in [-0.1, -0.05) is 47.5 Å². The van der Waals surface area contributed by atoms with Gasteiger partial charge in [-0.25, -0.2) is 0 Å². The van der Waals surface area contributed by atoms with Gasteiger partial charge in [0.2, 0.25) is 5.91 Å². The highest BCUT2D eigenvalue weighted by Crippen LogP contribution is 2.15. The number of hydrogen-bond donors (Lipinski definition) is 0. The molecule has 2 aromatic carbocycles. The molecule has 1 saturated heterocycles. The first kappa shape index (κ1) is 19.4. The minimum atomic E-state index is -0.0218. The Balaban J connectivity index is 1.53. The third kappa shape index (κ3) is 5.33. The van der Waals surface area contributed by atoms with E-state index < -0.39 is 0 Å². The third-order valence-electron chi connectivity index (χ3n) is 4.96. The molecule has 0 aliphatic carbocycles. The molecule has 0 atom stereocenters. The van der Waals surface area contributed by atoms with Crippen LogP contribution in [0.1, 0.15) is 34.3 Å². The predicted molar refractivity (Wildman–Crippen MR) is 108 cm³/mol. The summed E-state index contributed by atoms with van der Waals surface area (Å²) in [7, 11) is 0. The van der Waals surface area contributed by atoms with Crippen LogP contribution in [-0.2, 0) is 11.2 Å². The Hall–Kier alpha value is -2.33. The molecule has 3 rings (SSSR count). The summed E-state index contributed by atoms with van der Waals surface area (Å²) in [6.07, 6.45) is 2.05. The molecule has 142 valence electrons. The van der Waals surface area contributed by atoms with Crippen molar-refractivity contribution in [2.75, 3.05) is 26.2 Å². The summed E-state index contributed by atoms with van der Waals surface area (Å²) in [6.45, 7) is 4.56. The fourth-order valence-corrected chi connectivity index (χ4v) is 3.53. The minimum Gasteiger partial charge on any atom is -0.341 e. The maximum absolute atomic E-state index is 12.7. The first-order valence-electron chi connectivity index (χ1n) is 9.41. The van der Waals surface area contributed by atoms with Gasteiger partial charge >= 0.3 is 0 Å². The smallest absolute Gasteiger partial charge is 0.253 e. The first-order valence-corrected chi connectivity index (χ1v) is 9.79. The molecule has 1 fully saturated rings. The molecule has 0 radical (unpaired) electrons. The van der Waals surface area contributed by atoms with E-state index in [9.17, 15) is 9.59 Å². The van der Waals surface area contributed by atoms with E-state index in [2.05, 4.69) is 31.2 Å². The summed E-state index contributed by atoms with van der Waals surface area (Å²) in [5, 5.41) is 0.559. The van der Waals surface area contributed by atoms with Gasteiger partial charge in [0.15, 0.2) is 0 Å². The number of carbonyl (C=O) groups is 2. The third-order valence-corrected chi connectivity index (χ3v) is 5.19. The fourth-order valence-electron chi connectivity index (χ4n) is 3.34. The molecule has 0 bridgehead atoms. The van der Waals surface area contributed by atoms with Crippen molar-refractivity contribution >= 4 is 23.4 Å². The Morgan fingerprint density at radius 3 is 2.41 bits per heavy atom. The van der Waals surface area contributed by atoms with Crippen molar-refractivity contribution < 1.29 is 9.59 Å². The Kier molecular flexibility index (Phi) is 6.51. The molecule has 0 aromatic heterocycles. The number of benzene rings is 2. The number of aryl methyl sites for hydroxylation is 2. The lowest BCUT2D eigenvalue weighted by atomic mass is 10.1. The second-order valence-electron chi connectivity index (χ2n) is 7.02. The molecule has 2 amide bonds. The van der Waals surface area contributed by atoms with E-state index in [1.165, 1.54) is 11.1 Å². The molecule has 0 N–H and O–H groups in total. The number of halogens is 1. The van der Waals surface area contributed by atoms with E-state index >= 15 is 0 Å². The van der Waals surface area contributed by atoms with Crippen LogP contribution >= 0.6 is 11.6 Å². The molecule has 27 heavy (non-hydrogen) atoms. The lowest BCUT2D eigenvalue weighted by Gasteiger charge is -2.22. The van der Waals surface area contributed by atoms with Crippen molar-refractivity contribution in [2.45, 2.75) is 26.2 Å². The average molecular weight is 385 g/mol. The van der Waals surface area contributed by atoms with Crippen molar-refractivity contribution in [1.29, 1.82) is 0 Å². The van der Waals surface area contributed by atoms with Crippen molar-refractivity contribution in [3.8, 4) is 0 Å². The van der Waals surface area contributed by atoms with Gasteiger partial charge in [-0.2, -0.15) is 0 Å². The summed E-state index contributed by atoms with van der Waals surface area (Å²) >= 11 is 6.00. The number of hydrogen-bond acceptors (Lipinski definition) is 2. The molecule has 1 aliphatic heterocycles. The van der Waals surface area contributed by atoms with E-state index in [0.29, 0.717) is 43.2 Å². The maximum Gasteiger partial charge on any atom is 0.253 e. The average Bonchev–Trinajstić information content (AvgIpc) is 2.93. The second kappa shape index (κ2) is 9.05. The molecule has 1 heterocycles. The molecule has 2 aromatic rings. The summed E-state index contributed by atoms with van der Waals surface area (Å²) < 4.78 is 0. The van der Waals surface area contributed by atoms with Gasteiger partial charge in [0.25, 0.3) is 5.91 Å². The molecule has 0 spiro atoms. The summed E-state index contributed by atoms with van der Waals surface area (Å²) in [4.78, 5) is 29.0. The van der Waals surface area contributed by atoms with Crippen LogP contribution in [0.4, 0.5) is 0 Å². The van der Waals surface area contributed by atoms with Gasteiger partial charge in [-0.15, -0.1) is 0 Å². The molecular formula is C22H25ClN2O2. The van der Waals surface area contributed by atoms with E-state index in [1.54, 1.807) is 24.3 Å². The zero-order valence-corrected chi connectivity index (χ0v) is 16.4. The highest BCUT2D eigenvalue weighted by molar-refractivity contribution is 6.30. The number of amides is 2. The quantitative estimate of drug-likeness (QED) is 0.800. The minimum absolute atomic E-state index is 0.0218. The highest BCUT2D eigenvalue weighted by atomic mass is 35.5. The summed E-state index contributed by atoms with van der Waals surface area (Å²) in [5.41, 5.74) is 3.00. The molecule has 1 aliphatic rings. The number of nitrogens with zero attached hydrogens (tertiary/aromatic N) is 2. The largest absolute Gasteiger partial charge is 0.341 e. The van der Waals surface area contributed by atoms with Gasteiger partial charge in [-0.3, -0.25) is 9.59 Å². The Labute approximate surface area is 165 Å². The normalized spacial score (nSPS) is 14.7. The van der Waals surface area contributed by atoms with Gasteiger partial charge < -0.3 is 9.80 Å². The second-order valence-corrected chi connectivity index (χ2v) is 7.46. The van der Waals surface area contributed by atoms with Gasteiger partial charge in [0.05, 0.1) is 0 Å². The fraction of sp³-hybridized carbons (Fsp3) is 0.364. The Morgan fingerprint density at radius 2 is 1.67 bits per heavy atom.